The SMILES string of the molecule is COc1ccc2c(ccn2S(=O)(=O)Cc2ccccc2)c1N. The van der Waals surface area contributed by atoms with Crippen molar-refractivity contribution in [1.82, 2.24) is 3.97 Å². The minimum atomic E-state index is -3.51. The molecule has 114 valence electrons. The monoisotopic (exact) mass is 316 g/mol. The summed E-state index contributed by atoms with van der Waals surface area (Å²) in [5.74, 6) is 0.467. The second-order valence-electron chi connectivity index (χ2n) is 4.97. The van der Waals surface area contributed by atoms with E-state index < -0.39 is 10.0 Å². The van der Waals surface area contributed by atoms with Crippen molar-refractivity contribution >= 4 is 26.6 Å². The summed E-state index contributed by atoms with van der Waals surface area (Å²) < 4.78 is 31.7. The van der Waals surface area contributed by atoms with Crippen LogP contribution in [0.3, 0.4) is 0 Å². The molecule has 22 heavy (non-hydrogen) atoms. The fourth-order valence-electron chi connectivity index (χ4n) is 2.47. The standard InChI is InChI=1S/C16H16N2O3S/c1-21-15-8-7-14-13(16(15)17)9-10-18(14)22(19,20)11-12-5-3-2-4-6-12/h2-10H,11,17H2,1H3. The number of hydrogen-bond acceptors (Lipinski definition) is 4. The fourth-order valence-corrected chi connectivity index (χ4v) is 3.93. The molecular weight excluding hydrogens is 300 g/mol. The van der Waals surface area contributed by atoms with E-state index in [4.69, 9.17) is 10.5 Å². The van der Waals surface area contributed by atoms with Crippen molar-refractivity contribution in [1.29, 1.82) is 0 Å². The van der Waals surface area contributed by atoms with E-state index in [-0.39, 0.29) is 5.75 Å². The summed E-state index contributed by atoms with van der Waals surface area (Å²) in [4.78, 5) is 0. The average molecular weight is 316 g/mol. The number of anilines is 1. The summed E-state index contributed by atoms with van der Waals surface area (Å²) in [6.45, 7) is 0. The minimum absolute atomic E-state index is 0.0659. The first-order chi connectivity index (χ1) is 10.5. The number of nitrogens with zero attached hydrogens (tertiary/aromatic N) is 1. The number of nitrogen functional groups attached to an aromatic ring is 1. The smallest absolute Gasteiger partial charge is 0.243 e. The Hall–Kier alpha value is -2.47. The van der Waals surface area contributed by atoms with Gasteiger partial charge in [0.1, 0.15) is 5.75 Å². The second kappa shape index (κ2) is 5.38. The number of aromatic nitrogens is 1. The average Bonchev–Trinajstić information content (AvgIpc) is 2.94. The van der Waals surface area contributed by atoms with Gasteiger partial charge in [-0.3, -0.25) is 0 Å². The lowest BCUT2D eigenvalue weighted by Crippen LogP contribution is -2.14. The molecular formula is C16H16N2O3S. The third kappa shape index (κ3) is 2.42. The lowest BCUT2D eigenvalue weighted by Gasteiger charge is -2.09. The molecule has 0 bridgehead atoms. The highest BCUT2D eigenvalue weighted by atomic mass is 32.2. The Morgan fingerprint density at radius 3 is 2.50 bits per heavy atom. The number of benzene rings is 2. The third-order valence-corrected chi connectivity index (χ3v) is 5.17. The van der Waals surface area contributed by atoms with E-state index in [2.05, 4.69) is 0 Å². The first-order valence-electron chi connectivity index (χ1n) is 6.73. The molecule has 0 unspecified atom stereocenters. The number of hydrogen-bond donors (Lipinski definition) is 1. The fraction of sp³-hybridized carbons (Fsp3) is 0.125. The Balaban J connectivity index is 2.08. The number of rotatable bonds is 4. The Morgan fingerprint density at radius 2 is 1.82 bits per heavy atom. The molecule has 0 aliphatic rings. The Bertz CT molecular complexity index is 915. The molecule has 3 rings (SSSR count). The zero-order valence-corrected chi connectivity index (χ0v) is 12.9. The van der Waals surface area contributed by atoms with Crippen LogP contribution in [0, 0.1) is 0 Å². The Kier molecular flexibility index (Phi) is 3.54. The molecule has 6 heteroatoms. The summed E-state index contributed by atoms with van der Waals surface area (Å²) >= 11 is 0. The zero-order valence-electron chi connectivity index (χ0n) is 12.1. The van der Waals surface area contributed by atoms with Crippen LogP contribution in [0.2, 0.25) is 0 Å². The predicted octanol–water partition coefficient (Wildman–Crippen LogP) is 2.61. The lowest BCUT2D eigenvalue weighted by molar-refractivity contribution is 0.417. The first kappa shape index (κ1) is 14.5. The molecule has 0 atom stereocenters. The van der Waals surface area contributed by atoms with Gasteiger partial charge in [-0.2, -0.15) is 0 Å². The van der Waals surface area contributed by atoms with Gasteiger partial charge in [0, 0.05) is 11.6 Å². The van der Waals surface area contributed by atoms with Crippen LogP contribution in [0.15, 0.2) is 54.7 Å². The number of methoxy groups -OCH3 is 1. The molecule has 3 aromatic rings. The number of ether oxygens (including phenoxy) is 1. The van der Waals surface area contributed by atoms with Crippen molar-refractivity contribution in [2.45, 2.75) is 5.75 Å². The van der Waals surface area contributed by atoms with Gasteiger partial charge >= 0.3 is 0 Å². The molecule has 0 radical (unpaired) electrons. The van der Waals surface area contributed by atoms with E-state index in [0.29, 0.717) is 22.3 Å². The van der Waals surface area contributed by atoms with Gasteiger partial charge in [0.15, 0.2) is 0 Å². The lowest BCUT2D eigenvalue weighted by atomic mass is 10.2. The van der Waals surface area contributed by atoms with Gasteiger partial charge in [-0.25, -0.2) is 12.4 Å². The van der Waals surface area contributed by atoms with Crippen LogP contribution in [-0.2, 0) is 15.8 Å². The van der Waals surface area contributed by atoms with Crippen molar-refractivity contribution in [3.05, 3.63) is 60.3 Å². The van der Waals surface area contributed by atoms with Crippen LogP contribution in [0.4, 0.5) is 5.69 Å². The summed E-state index contributed by atoms with van der Waals surface area (Å²) in [7, 11) is -1.98. The van der Waals surface area contributed by atoms with E-state index in [9.17, 15) is 8.42 Å². The molecule has 2 aromatic carbocycles. The molecule has 0 saturated carbocycles. The maximum absolute atomic E-state index is 12.6. The number of fused-ring (bicyclic) bond motifs is 1. The molecule has 0 saturated heterocycles. The molecule has 0 spiro atoms. The van der Waals surface area contributed by atoms with Crippen LogP contribution in [0.1, 0.15) is 5.56 Å². The minimum Gasteiger partial charge on any atom is -0.495 e. The molecule has 0 amide bonds. The van der Waals surface area contributed by atoms with Gasteiger partial charge < -0.3 is 10.5 Å². The van der Waals surface area contributed by atoms with E-state index in [0.717, 1.165) is 5.56 Å². The van der Waals surface area contributed by atoms with Crippen molar-refractivity contribution < 1.29 is 13.2 Å². The van der Waals surface area contributed by atoms with Crippen LogP contribution < -0.4 is 10.5 Å². The molecule has 2 N–H and O–H groups in total. The van der Waals surface area contributed by atoms with Gasteiger partial charge in [0.05, 0.1) is 24.1 Å². The van der Waals surface area contributed by atoms with Crippen molar-refractivity contribution in [2.24, 2.45) is 0 Å². The molecule has 0 aliphatic carbocycles. The van der Waals surface area contributed by atoms with Gasteiger partial charge in [-0.05, 0) is 23.8 Å². The molecule has 5 nitrogen and oxygen atoms in total. The van der Waals surface area contributed by atoms with Crippen molar-refractivity contribution in [2.75, 3.05) is 12.8 Å². The topological polar surface area (TPSA) is 74.3 Å². The normalized spacial score (nSPS) is 11.7. The molecule has 1 aromatic heterocycles. The number of nitrogens with two attached hydrogens (primary N) is 1. The second-order valence-corrected chi connectivity index (χ2v) is 6.81. The maximum Gasteiger partial charge on any atom is 0.243 e. The summed E-state index contributed by atoms with van der Waals surface area (Å²) in [5.41, 5.74) is 7.74. The largest absolute Gasteiger partial charge is 0.495 e. The van der Waals surface area contributed by atoms with Crippen molar-refractivity contribution in [3.8, 4) is 5.75 Å². The zero-order chi connectivity index (χ0) is 15.7. The van der Waals surface area contributed by atoms with Gasteiger partial charge in [-0.1, -0.05) is 30.3 Å². The Morgan fingerprint density at radius 1 is 1.09 bits per heavy atom. The van der Waals surface area contributed by atoms with Crippen LogP contribution >= 0.6 is 0 Å². The highest BCUT2D eigenvalue weighted by Gasteiger charge is 2.18. The van der Waals surface area contributed by atoms with E-state index in [1.54, 1.807) is 30.3 Å². The van der Waals surface area contributed by atoms with Crippen LogP contribution in [-0.4, -0.2) is 19.5 Å². The summed E-state index contributed by atoms with van der Waals surface area (Å²) in [6, 6.07) is 14.1. The highest BCUT2D eigenvalue weighted by molar-refractivity contribution is 7.89. The van der Waals surface area contributed by atoms with Crippen LogP contribution in [0.25, 0.3) is 10.9 Å². The van der Waals surface area contributed by atoms with Crippen LogP contribution in [0.5, 0.6) is 5.75 Å². The predicted molar refractivity (Wildman–Crippen MR) is 87.4 cm³/mol. The van der Waals surface area contributed by atoms with E-state index >= 15 is 0 Å². The van der Waals surface area contributed by atoms with E-state index in [1.807, 2.05) is 18.2 Å². The van der Waals surface area contributed by atoms with Gasteiger partial charge in [0.25, 0.3) is 0 Å². The van der Waals surface area contributed by atoms with Gasteiger partial charge in [0.2, 0.25) is 10.0 Å². The highest BCUT2D eigenvalue weighted by Crippen LogP contribution is 2.32. The van der Waals surface area contributed by atoms with E-state index in [1.165, 1.54) is 17.3 Å². The molecule has 0 fully saturated rings. The summed E-state index contributed by atoms with van der Waals surface area (Å²) in [5, 5.41) is 0.663. The molecule has 1 heterocycles. The maximum atomic E-state index is 12.6. The molecule has 0 aliphatic heterocycles. The quantitative estimate of drug-likeness (QED) is 0.751. The first-order valence-corrected chi connectivity index (χ1v) is 8.34. The summed E-state index contributed by atoms with van der Waals surface area (Å²) in [6.07, 6.45) is 1.53. The Labute approximate surface area is 129 Å². The van der Waals surface area contributed by atoms with Gasteiger partial charge in [-0.15, -0.1) is 0 Å². The van der Waals surface area contributed by atoms with Crippen molar-refractivity contribution in [3.63, 3.8) is 0 Å². The third-order valence-electron chi connectivity index (χ3n) is 3.55.